The summed E-state index contributed by atoms with van der Waals surface area (Å²) in [6, 6.07) is 14.6. The Morgan fingerprint density at radius 3 is 2.68 bits per heavy atom. The lowest BCUT2D eigenvalue weighted by atomic mass is 10.0. The van der Waals surface area contributed by atoms with Crippen LogP contribution in [-0.2, 0) is 4.74 Å². The third kappa shape index (κ3) is 3.64. The van der Waals surface area contributed by atoms with Crippen LogP contribution in [0.25, 0.3) is 27.8 Å². The number of hydrogen-bond donors (Lipinski definition) is 0. The molecule has 172 valence electrons. The smallest absolute Gasteiger partial charge is 0.341 e. The number of ether oxygens (including phenoxy) is 2. The number of methoxy groups -OCH3 is 1. The van der Waals surface area contributed by atoms with Crippen LogP contribution in [0.1, 0.15) is 41.5 Å². The van der Waals surface area contributed by atoms with Crippen molar-refractivity contribution in [3.8, 4) is 11.8 Å². The summed E-state index contributed by atoms with van der Waals surface area (Å²) in [6.07, 6.45) is 2.96. The van der Waals surface area contributed by atoms with Gasteiger partial charge in [0.25, 0.3) is 5.95 Å². The molecule has 2 aromatic carbocycles. The van der Waals surface area contributed by atoms with Gasteiger partial charge in [0.05, 0.1) is 37.2 Å². The molecule has 0 amide bonds. The van der Waals surface area contributed by atoms with E-state index >= 15 is 0 Å². The fourth-order valence-electron chi connectivity index (χ4n) is 4.03. The predicted molar refractivity (Wildman–Crippen MR) is 127 cm³/mol. The summed E-state index contributed by atoms with van der Waals surface area (Å²) in [5, 5.41) is 11.4. The van der Waals surface area contributed by atoms with Crippen LogP contribution in [0.15, 0.2) is 54.9 Å². The van der Waals surface area contributed by atoms with E-state index in [2.05, 4.69) is 47.3 Å². The van der Waals surface area contributed by atoms with Gasteiger partial charge in [0.15, 0.2) is 0 Å². The first-order valence-corrected chi connectivity index (χ1v) is 11.0. The molecule has 0 N–H and O–H groups in total. The predicted octanol–water partition coefficient (Wildman–Crippen LogP) is 4.27. The van der Waals surface area contributed by atoms with E-state index in [-0.39, 0.29) is 18.6 Å². The van der Waals surface area contributed by atoms with Crippen LogP contribution < -0.4 is 4.74 Å². The van der Waals surface area contributed by atoms with Crippen LogP contribution in [0, 0.1) is 6.92 Å². The second kappa shape index (κ2) is 8.58. The van der Waals surface area contributed by atoms with Gasteiger partial charge in [0.2, 0.25) is 5.88 Å². The van der Waals surface area contributed by atoms with E-state index in [1.54, 1.807) is 14.0 Å². The van der Waals surface area contributed by atoms with Crippen molar-refractivity contribution in [1.29, 1.82) is 0 Å². The number of fused-ring (bicyclic) bond motifs is 2. The van der Waals surface area contributed by atoms with Gasteiger partial charge in [-0.2, -0.15) is 15.2 Å². The van der Waals surface area contributed by atoms with Crippen LogP contribution in [-0.4, -0.2) is 49.2 Å². The Morgan fingerprint density at radius 1 is 1.12 bits per heavy atom. The molecule has 0 bridgehead atoms. The highest BCUT2D eigenvalue weighted by Crippen LogP contribution is 2.31. The number of nitrogens with zero attached hydrogens (tertiary/aromatic N) is 6. The first-order chi connectivity index (χ1) is 16.5. The van der Waals surface area contributed by atoms with Gasteiger partial charge in [0.1, 0.15) is 11.0 Å². The Labute approximate surface area is 196 Å². The summed E-state index contributed by atoms with van der Waals surface area (Å²) in [5.41, 5.74) is 3.52. The number of aromatic nitrogens is 6. The fourth-order valence-corrected chi connectivity index (χ4v) is 4.03. The minimum atomic E-state index is -0.449. The zero-order valence-corrected chi connectivity index (χ0v) is 19.4. The molecule has 0 saturated carbocycles. The number of hydrogen-bond acceptors (Lipinski definition) is 7. The van der Waals surface area contributed by atoms with E-state index in [9.17, 15) is 4.79 Å². The lowest BCUT2D eigenvalue weighted by molar-refractivity contribution is 0.0526. The molecule has 0 aliphatic carbocycles. The average molecular weight is 457 g/mol. The number of rotatable bonds is 6. The van der Waals surface area contributed by atoms with Crippen molar-refractivity contribution in [2.75, 3.05) is 13.7 Å². The molecule has 1 atom stereocenters. The van der Waals surface area contributed by atoms with Gasteiger partial charge in [-0.3, -0.25) is 4.68 Å². The second-order valence-electron chi connectivity index (χ2n) is 7.94. The number of benzene rings is 2. The van der Waals surface area contributed by atoms with Crippen molar-refractivity contribution in [2.24, 2.45) is 0 Å². The Bertz CT molecular complexity index is 1520. The summed E-state index contributed by atoms with van der Waals surface area (Å²) in [4.78, 5) is 21.3. The largest absolute Gasteiger partial charge is 0.479 e. The molecule has 5 rings (SSSR count). The molecule has 3 heterocycles. The van der Waals surface area contributed by atoms with Gasteiger partial charge >= 0.3 is 5.97 Å². The molecule has 9 heteroatoms. The number of carbonyl (C=O) groups is 1. The van der Waals surface area contributed by atoms with E-state index in [1.165, 1.54) is 27.8 Å². The number of carbonyl (C=O) groups excluding carboxylic acids is 1. The highest BCUT2D eigenvalue weighted by atomic mass is 16.5. The molecular weight excluding hydrogens is 432 g/mol. The highest BCUT2D eigenvalue weighted by molar-refractivity contribution is 5.89. The monoisotopic (exact) mass is 456 g/mol. The SMILES string of the molecule is CCOC(=O)c1cnn(-c2nc(OC)c3c(n2)c(C)nn3[C@@H](C)c2ccc3ccccc3c2)c1. The van der Waals surface area contributed by atoms with E-state index in [1.807, 2.05) is 23.7 Å². The average Bonchev–Trinajstić information content (AvgIpc) is 3.48. The summed E-state index contributed by atoms with van der Waals surface area (Å²) < 4.78 is 14.0. The maximum atomic E-state index is 12.0. The van der Waals surface area contributed by atoms with Gasteiger partial charge in [-0.1, -0.05) is 36.4 Å². The van der Waals surface area contributed by atoms with Gasteiger partial charge in [-0.05, 0) is 43.2 Å². The minimum absolute atomic E-state index is 0.0794. The van der Waals surface area contributed by atoms with Crippen LogP contribution in [0.5, 0.6) is 5.88 Å². The van der Waals surface area contributed by atoms with E-state index in [4.69, 9.17) is 19.6 Å². The molecule has 0 aliphatic heterocycles. The zero-order valence-electron chi connectivity index (χ0n) is 19.4. The van der Waals surface area contributed by atoms with Crippen molar-refractivity contribution < 1.29 is 14.3 Å². The summed E-state index contributed by atoms with van der Waals surface area (Å²) in [7, 11) is 1.56. The van der Waals surface area contributed by atoms with Crippen LogP contribution in [0.2, 0.25) is 0 Å². The van der Waals surface area contributed by atoms with Crippen molar-refractivity contribution >= 4 is 27.8 Å². The topological polar surface area (TPSA) is 96.9 Å². The molecule has 0 fully saturated rings. The van der Waals surface area contributed by atoms with Crippen molar-refractivity contribution in [2.45, 2.75) is 26.8 Å². The van der Waals surface area contributed by atoms with Gasteiger partial charge in [-0.25, -0.2) is 14.5 Å². The molecular formula is C25H24N6O3. The maximum absolute atomic E-state index is 12.0. The molecule has 9 nitrogen and oxygen atoms in total. The van der Waals surface area contributed by atoms with Crippen LogP contribution >= 0.6 is 0 Å². The fraction of sp³-hybridized carbons (Fsp3) is 0.240. The quantitative estimate of drug-likeness (QED) is 0.352. The third-order valence-electron chi connectivity index (χ3n) is 5.78. The molecule has 0 spiro atoms. The van der Waals surface area contributed by atoms with Gasteiger partial charge in [0, 0.05) is 6.20 Å². The lowest BCUT2D eigenvalue weighted by Crippen LogP contribution is -2.11. The molecule has 0 saturated heterocycles. The van der Waals surface area contributed by atoms with Gasteiger partial charge < -0.3 is 9.47 Å². The Kier molecular flexibility index (Phi) is 5.45. The Hall–Kier alpha value is -4.27. The van der Waals surface area contributed by atoms with Crippen molar-refractivity contribution in [3.05, 3.63) is 71.7 Å². The maximum Gasteiger partial charge on any atom is 0.341 e. The Morgan fingerprint density at radius 2 is 1.91 bits per heavy atom. The number of esters is 1. The Balaban J connectivity index is 1.59. The normalized spacial score (nSPS) is 12.2. The molecule has 34 heavy (non-hydrogen) atoms. The lowest BCUT2D eigenvalue weighted by Gasteiger charge is -2.16. The van der Waals surface area contributed by atoms with E-state index < -0.39 is 5.97 Å². The first-order valence-electron chi connectivity index (χ1n) is 11.0. The van der Waals surface area contributed by atoms with Crippen LogP contribution in [0.3, 0.4) is 0 Å². The van der Waals surface area contributed by atoms with Gasteiger partial charge in [-0.15, -0.1) is 0 Å². The van der Waals surface area contributed by atoms with E-state index in [0.717, 1.165) is 11.3 Å². The molecule has 3 aromatic heterocycles. The summed E-state index contributed by atoms with van der Waals surface area (Å²) in [5.74, 6) is 0.206. The minimum Gasteiger partial charge on any atom is -0.479 e. The summed E-state index contributed by atoms with van der Waals surface area (Å²) in [6.45, 7) is 6.02. The number of aryl methyl sites for hydroxylation is 1. The summed E-state index contributed by atoms with van der Waals surface area (Å²) >= 11 is 0. The standard InChI is InChI=1S/C25H24N6O3/c1-5-34-24(32)20-13-26-30(14-20)25-27-21-15(2)29-31(22(21)23(28-25)33-4)16(3)18-11-10-17-8-6-7-9-19(17)12-18/h6-14,16H,5H2,1-4H3/t16-/m0/s1. The van der Waals surface area contributed by atoms with Crippen molar-refractivity contribution in [1.82, 2.24) is 29.5 Å². The van der Waals surface area contributed by atoms with Crippen molar-refractivity contribution in [3.63, 3.8) is 0 Å². The molecule has 0 radical (unpaired) electrons. The third-order valence-corrected chi connectivity index (χ3v) is 5.78. The first kappa shape index (κ1) is 21.6. The second-order valence-corrected chi connectivity index (χ2v) is 7.94. The van der Waals surface area contributed by atoms with E-state index in [0.29, 0.717) is 22.5 Å². The highest BCUT2D eigenvalue weighted by Gasteiger charge is 2.22. The van der Waals surface area contributed by atoms with Crippen LogP contribution in [0.4, 0.5) is 0 Å². The molecule has 0 aliphatic rings. The zero-order chi connectivity index (χ0) is 23.8. The molecule has 0 unspecified atom stereocenters. The molecule has 5 aromatic rings.